The van der Waals surface area contributed by atoms with E-state index in [1.54, 1.807) is 6.20 Å². The van der Waals surface area contributed by atoms with Gasteiger partial charge in [0.05, 0.1) is 18.0 Å². The minimum absolute atomic E-state index is 0.00330. The van der Waals surface area contributed by atoms with Gasteiger partial charge in [-0.15, -0.1) is 0 Å². The highest BCUT2D eigenvalue weighted by molar-refractivity contribution is 5.79. The molecule has 0 radical (unpaired) electrons. The van der Waals surface area contributed by atoms with Gasteiger partial charge in [0.2, 0.25) is 17.8 Å². The highest BCUT2D eigenvalue weighted by atomic mass is 19.1. The second-order valence-corrected chi connectivity index (χ2v) is 10.9. The number of carbonyl (C=O) groups is 1. The summed E-state index contributed by atoms with van der Waals surface area (Å²) in [5.41, 5.74) is 1.30. The monoisotopic (exact) mass is 525 g/mol. The molecule has 0 saturated heterocycles. The Labute approximate surface area is 219 Å². The lowest BCUT2D eigenvalue weighted by atomic mass is 9.85. The normalized spacial score (nSPS) is 25.8. The van der Waals surface area contributed by atoms with Gasteiger partial charge in [0.25, 0.3) is 0 Å². The van der Waals surface area contributed by atoms with Crippen LogP contribution >= 0.6 is 0 Å². The minimum atomic E-state index is -0.711. The summed E-state index contributed by atoms with van der Waals surface area (Å²) in [7, 11) is 0. The van der Waals surface area contributed by atoms with Gasteiger partial charge in [-0.25, -0.2) is 18.7 Å². The van der Waals surface area contributed by atoms with E-state index >= 15 is 0 Å². The summed E-state index contributed by atoms with van der Waals surface area (Å²) < 4.78 is 30.0. The number of hydrogen-bond donors (Lipinski definition) is 4. The van der Waals surface area contributed by atoms with Crippen molar-refractivity contribution in [3.05, 3.63) is 36.0 Å². The third-order valence-electron chi connectivity index (χ3n) is 8.00. The number of halogens is 2. The summed E-state index contributed by atoms with van der Waals surface area (Å²) in [4.78, 5) is 26.6. The molecule has 38 heavy (non-hydrogen) atoms. The first kappa shape index (κ1) is 25.0. The van der Waals surface area contributed by atoms with E-state index in [1.807, 2.05) is 4.57 Å². The number of anilines is 3. The van der Waals surface area contributed by atoms with Crippen molar-refractivity contribution in [1.29, 1.82) is 0 Å². The molecule has 2 heterocycles. The Balaban J connectivity index is 1.28. The largest absolute Gasteiger partial charge is 0.393 e. The molecule has 9 nitrogen and oxygen atoms in total. The van der Waals surface area contributed by atoms with E-state index in [1.165, 1.54) is 12.1 Å². The number of nitrogens with zero attached hydrogens (tertiary/aromatic N) is 4. The number of rotatable bonds is 7. The molecule has 1 aromatic carbocycles. The van der Waals surface area contributed by atoms with Crippen molar-refractivity contribution in [1.82, 2.24) is 24.8 Å². The molecule has 0 spiro atoms. The lowest BCUT2D eigenvalue weighted by Gasteiger charge is -2.30. The summed E-state index contributed by atoms with van der Waals surface area (Å²) in [5.74, 6) is -0.348. The van der Waals surface area contributed by atoms with E-state index in [4.69, 9.17) is 4.98 Å². The average molecular weight is 526 g/mol. The van der Waals surface area contributed by atoms with Gasteiger partial charge < -0.3 is 21.1 Å². The fraction of sp³-hybridized carbons (Fsp3) is 0.556. The lowest BCUT2D eigenvalue weighted by molar-refractivity contribution is -0.126. The highest BCUT2D eigenvalue weighted by Gasteiger charge is 2.33. The first-order chi connectivity index (χ1) is 18.4. The minimum Gasteiger partial charge on any atom is -0.393 e. The number of benzene rings is 1. The van der Waals surface area contributed by atoms with Gasteiger partial charge in [0, 0.05) is 30.1 Å². The van der Waals surface area contributed by atoms with Crippen LogP contribution in [0.5, 0.6) is 0 Å². The molecular weight excluding hydrogens is 492 g/mol. The zero-order valence-electron chi connectivity index (χ0n) is 21.2. The molecule has 0 unspecified atom stereocenters. The number of aliphatic hydroxyl groups excluding tert-OH is 1. The number of aromatic nitrogens is 4. The molecule has 0 atom stereocenters. The molecule has 3 aromatic rings. The van der Waals surface area contributed by atoms with E-state index < -0.39 is 11.6 Å². The number of aliphatic hydroxyl groups is 1. The summed E-state index contributed by atoms with van der Waals surface area (Å²) >= 11 is 0. The Kier molecular flexibility index (Phi) is 6.86. The van der Waals surface area contributed by atoms with Crippen LogP contribution in [0.1, 0.15) is 70.3 Å². The van der Waals surface area contributed by atoms with E-state index in [9.17, 15) is 18.7 Å². The van der Waals surface area contributed by atoms with Crippen molar-refractivity contribution < 1.29 is 18.7 Å². The summed E-state index contributed by atoms with van der Waals surface area (Å²) in [6.07, 6.45) is 9.69. The number of nitrogens with one attached hydrogen (secondary N) is 3. The van der Waals surface area contributed by atoms with E-state index in [0.717, 1.165) is 70.3 Å². The predicted molar refractivity (Wildman–Crippen MR) is 139 cm³/mol. The van der Waals surface area contributed by atoms with Crippen LogP contribution < -0.4 is 16.0 Å². The summed E-state index contributed by atoms with van der Waals surface area (Å²) in [5, 5.41) is 19.4. The zero-order chi connectivity index (χ0) is 26.2. The van der Waals surface area contributed by atoms with Gasteiger partial charge in [-0.05, 0) is 76.3 Å². The van der Waals surface area contributed by atoms with E-state index in [2.05, 4.69) is 25.9 Å². The third-order valence-corrected chi connectivity index (χ3v) is 8.00. The van der Waals surface area contributed by atoms with E-state index in [-0.39, 0.29) is 35.7 Å². The topological polar surface area (TPSA) is 117 Å². The second-order valence-electron chi connectivity index (χ2n) is 10.9. The standard InChI is InChI=1S/C27H33F2N7O2/c28-16-3-12-22(21(29)13-16)33-27-34-23-14-30-26(32-18-6-10-20(37)11-7-18)35-24(23)36(27)19-8-1-15(2-9-19)25(38)31-17-4-5-17/h3,12-15,17-20,37H,1-2,4-11H2,(H,31,38)(H,33,34)(H,30,32,35). The number of hydrogen-bond acceptors (Lipinski definition) is 7. The number of fused-ring (bicyclic) bond motifs is 1. The molecule has 11 heteroatoms. The Bertz CT molecular complexity index is 1310. The fourth-order valence-corrected chi connectivity index (χ4v) is 5.65. The maximum Gasteiger partial charge on any atom is 0.224 e. The Morgan fingerprint density at radius 1 is 0.947 bits per heavy atom. The highest BCUT2D eigenvalue weighted by Crippen LogP contribution is 2.38. The van der Waals surface area contributed by atoms with Crippen molar-refractivity contribution in [2.24, 2.45) is 5.92 Å². The number of imidazole rings is 1. The Hall–Kier alpha value is -3.34. The van der Waals surface area contributed by atoms with Crippen molar-refractivity contribution in [2.75, 3.05) is 10.6 Å². The van der Waals surface area contributed by atoms with E-state index in [0.29, 0.717) is 29.1 Å². The van der Waals surface area contributed by atoms with Crippen molar-refractivity contribution in [2.45, 2.75) is 88.4 Å². The Morgan fingerprint density at radius 2 is 1.68 bits per heavy atom. The molecule has 3 aliphatic carbocycles. The van der Waals surface area contributed by atoms with Crippen molar-refractivity contribution in [3.8, 4) is 0 Å². The van der Waals surface area contributed by atoms with Crippen LogP contribution in [0.3, 0.4) is 0 Å². The molecule has 2 aromatic heterocycles. The number of carbonyl (C=O) groups excluding carboxylic acids is 1. The van der Waals surface area contributed by atoms with Gasteiger partial charge >= 0.3 is 0 Å². The van der Waals surface area contributed by atoms with Crippen LogP contribution in [0.25, 0.3) is 11.2 Å². The van der Waals surface area contributed by atoms with Crippen LogP contribution in [0.4, 0.5) is 26.4 Å². The maximum absolute atomic E-state index is 14.5. The van der Waals surface area contributed by atoms with Gasteiger partial charge in [0.15, 0.2) is 5.65 Å². The molecule has 6 rings (SSSR count). The molecule has 0 aliphatic heterocycles. The summed E-state index contributed by atoms with van der Waals surface area (Å²) in [6.45, 7) is 0. The molecule has 3 aliphatic rings. The molecule has 0 bridgehead atoms. The van der Waals surface area contributed by atoms with Crippen LogP contribution in [-0.4, -0.2) is 48.7 Å². The first-order valence-corrected chi connectivity index (χ1v) is 13.6. The zero-order valence-corrected chi connectivity index (χ0v) is 21.2. The van der Waals surface area contributed by atoms with Crippen molar-refractivity contribution >= 4 is 34.7 Å². The quantitative estimate of drug-likeness (QED) is 0.357. The smallest absolute Gasteiger partial charge is 0.224 e. The molecule has 1 amide bonds. The fourth-order valence-electron chi connectivity index (χ4n) is 5.65. The van der Waals surface area contributed by atoms with Gasteiger partial charge in [0.1, 0.15) is 17.2 Å². The van der Waals surface area contributed by atoms with Crippen LogP contribution in [-0.2, 0) is 4.79 Å². The maximum atomic E-state index is 14.5. The molecule has 3 saturated carbocycles. The molecular formula is C27H33F2N7O2. The average Bonchev–Trinajstić information content (AvgIpc) is 3.65. The van der Waals surface area contributed by atoms with Crippen LogP contribution in [0.15, 0.2) is 24.4 Å². The molecule has 3 fully saturated rings. The van der Waals surface area contributed by atoms with Crippen molar-refractivity contribution in [3.63, 3.8) is 0 Å². The van der Waals surface area contributed by atoms with Gasteiger partial charge in [-0.1, -0.05) is 0 Å². The Morgan fingerprint density at radius 3 is 2.39 bits per heavy atom. The molecule has 202 valence electrons. The third kappa shape index (κ3) is 5.43. The predicted octanol–water partition coefficient (Wildman–Crippen LogP) is 4.57. The van der Waals surface area contributed by atoms with Crippen LogP contribution in [0.2, 0.25) is 0 Å². The van der Waals surface area contributed by atoms with Crippen LogP contribution in [0, 0.1) is 17.6 Å². The van der Waals surface area contributed by atoms with Gasteiger partial charge in [-0.2, -0.15) is 4.98 Å². The second kappa shape index (κ2) is 10.4. The lowest BCUT2D eigenvalue weighted by Crippen LogP contribution is -2.35. The molecule has 4 N–H and O–H groups in total. The first-order valence-electron chi connectivity index (χ1n) is 13.6. The van der Waals surface area contributed by atoms with Gasteiger partial charge in [-0.3, -0.25) is 9.36 Å². The SMILES string of the molecule is O=C(NC1CC1)C1CCC(n2c(Nc3ccc(F)cc3F)nc3cnc(NC4CCC(O)CC4)nc32)CC1. The summed E-state index contributed by atoms with van der Waals surface area (Å²) in [6, 6.07) is 3.91. The number of amides is 1.